The highest BCUT2D eigenvalue weighted by Gasteiger charge is 2.09. The Morgan fingerprint density at radius 1 is 1.00 bits per heavy atom. The molecule has 0 aliphatic carbocycles. The minimum absolute atomic E-state index is 0.767. The van der Waals surface area contributed by atoms with Gasteiger partial charge in [0.1, 0.15) is 11.5 Å². The fourth-order valence-corrected chi connectivity index (χ4v) is 2.44. The second-order valence-electron chi connectivity index (χ2n) is 5.69. The minimum atomic E-state index is 0.767. The smallest absolute Gasteiger partial charge is 0.122 e. The van der Waals surface area contributed by atoms with Crippen molar-refractivity contribution in [2.45, 2.75) is 32.6 Å². The van der Waals surface area contributed by atoms with Crippen LogP contribution in [0.25, 0.3) is 0 Å². The number of unbranched alkanes of at least 4 members (excludes halogenated alkanes) is 2. The van der Waals surface area contributed by atoms with Crippen molar-refractivity contribution in [3.05, 3.63) is 24.3 Å². The summed E-state index contributed by atoms with van der Waals surface area (Å²) in [5.41, 5.74) is 0. The van der Waals surface area contributed by atoms with Crippen LogP contribution in [-0.2, 0) is 4.74 Å². The molecule has 124 valence electrons. The quantitative estimate of drug-likeness (QED) is 0.620. The maximum atomic E-state index is 5.82. The highest BCUT2D eigenvalue weighted by atomic mass is 16.5. The third-order valence-electron chi connectivity index (χ3n) is 3.81. The summed E-state index contributed by atoms with van der Waals surface area (Å²) < 4.78 is 16.9. The van der Waals surface area contributed by atoms with E-state index in [0.29, 0.717) is 0 Å². The molecule has 1 fully saturated rings. The van der Waals surface area contributed by atoms with Crippen molar-refractivity contribution in [2.24, 2.45) is 0 Å². The SMILES string of the molecule is CCCCOc1cccc(OCCCCN2CCOCC2)c1. The number of rotatable bonds is 10. The molecule has 22 heavy (non-hydrogen) atoms. The summed E-state index contributed by atoms with van der Waals surface area (Å²) in [6.07, 6.45) is 4.50. The van der Waals surface area contributed by atoms with Crippen molar-refractivity contribution >= 4 is 0 Å². The van der Waals surface area contributed by atoms with Gasteiger partial charge in [-0.2, -0.15) is 0 Å². The largest absolute Gasteiger partial charge is 0.493 e. The van der Waals surface area contributed by atoms with Crippen molar-refractivity contribution in [2.75, 3.05) is 46.1 Å². The van der Waals surface area contributed by atoms with Crippen LogP contribution in [0.4, 0.5) is 0 Å². The lowest BCUT2D eigenvalue weighted by Crippen LogP contribution is -2.36. The molecule has 0 spiro atoms. The maximum absolute atomic E-state index is 5.82. The molecule has 1 saturated heterocycles. The van der Waals surface area contributed by atoms with Gasteiger partial charge in [0.25, 0.3) is 0 Å². The first-order valence-electron chi connectivity index (χ1n) is 8.54. The monoisotopic (exact) mass is 307 g/mol. The molecule has 0 aromatic heterocycles. The molecule has 0 unspecified atom stereocenters. The van der Waals surface area contributed by atoms with Crippen molar-refractivity contribution in [3.63, 3.8) is 0 Å². The molecule has 0 amide bonds. The van der Waals surface area contributed by atoms with Crippen LogP contribution in [0.3, 0.4) is 0 Å². The Kier molecular flexibility index (Phi) is 8.13. The molecule has 0 atom stereocenters. The molecule has 0 saturated carbocycles. The van der Waals surface area contributed by atoms with E-state index in [9.17, 15) is 0 Å². The predicted octanol–water partition coefficient (Wildman–Crippen LogP) is 3.36. The number of hydrogen-bond acceptors (Lipinski definition) is 4. The highest BCUT2D eigenvalue weighted by molar-refractivity contribution is 5.32. The summed E-state index contributed by atoms with van der Waals surface area (Å²) in [5, 5.41) is 0. The predicted molar refractivity (Wildman–Crippen MR) is 88.8 cm³/mol. The van der Waals surface area contributed by atoms with E-state index in [1.54, 1.807) is 0 Å². The van der Waals surface area contributed by atoms with Gasteiger partial charge in [0.05, 0.1) is 26.4 Å². The summed E-state index contributed by atoms with van der Waals surface area (Å²) in [6.45, 7) is 8.74. The van der Waals surface area contributed by atoms with Gasteiger partial charge in [-0.3, -0.25) is 4.90 Å². The van der Waals surface area contributed by atoms with Crippen LogP contribution >= 0.6 is 0 Å². The molecular weight excluding hydrogens is 278 g/mol. The van der Waals surface area contributed by atoms with Crippen molar-refractivity contribution in [1.29, 1.82) is 0 Å². The fraction of sp³-hybridized carbons (Fsp3) is 0.667. The molecule has 2 rings (SSSR count). The van der Waals surface area contributed by atoms with Gasteiger partial charge in [-0.25, -0.2) is 0 Å². The van der Waals surface area contributed by atoms with Gasteiger partial charge in [0.2, 0.25) is 0 Å². The van der Waals surface area contributed by atoms with E-state index in [4.69, 9.17) is 14.2 Å². The number of hydrogen-bond donors (Lipinski definition) is 0. The maximum Gasteiger partial charge on any atom is 0.122 e. The van der Waals surface area contributed by atoms with Crippen molar-refractivity contribution in [1.82, 2.24) is 4.90 Å². The van der Waals surface area contributed by atoms with Crippen LogP contribution in [0.2, 0.25) is 0 Å². The molecular formula is C18H29NO3. The van der Waals surface area contributed by atoms with Crippen LogP contribution in [0.1, 0.15) is 32.6 Å². The Hall–Kier alpha value is -1.26. The van der Waals surface area contributed by atoms with Gasteiger partial charge in [0.15, 0.2) is 0 Å². The highest BCUT2D eigenvalue weighted by Crippen LogP contribution is 2.20. The normalized spacial score (nSPS) is 15.7. The van der Waals surface area contributed by atoms with Gasteiger partial charge in [-0.05, 0) is 37.9 Å². The first kappa shape index (κ1) is 17.1. The molecule has 4 heteroatoms. The number of nitrogens with zero attached hydrogens (tertiary/aromatic N) is 1. The standard InChI is InChI=1S/C18H29NO3/c1-2-3-12-21-17-7-6-8-18(16-17)22-13-5-4-9-19-10-14-20-15-11-19/h6-8,16H,2-5,9-15H2,1H3. The average molecular weight is 307 g/mol. The van der Waals surface area contributed by atoms with E-state index < -0.39 is 0 Å². The Balaban J connectivity index is 1.58. The summed E-state index contributed by atoms with van der Waals surface area (Å²) >= 11 is 0. The zero-order chi connectivity index (χ0) is 15.5. The van der Waals surface area contributed by atoms with Crippen LogP contribution in [0.15, 0.2) is 24.3 Å². The third-order valence-corrected chi connectivity index (χ3v) is 3.81. The first-order valence-corrected chi connectivity index (χ1v) is 8.54. The fourth-order valence-electron chi connectivity index (χ4n) is 2.44. The molecule has 1 aliphatic rings. The first-order chi connectivity index (χ1) is 10.9. The van der Waals surface area contributed by atoms with E-state index >= 15 is 0 Å². The number of benzene rings is 1. The lowest BCUT2D eigenvalue weighted by atomic mass is 10.3. The Bertz CT molecular complexity index is 405. The zero-order valence-electron chi connectivity index (χ0n) is 13.8. The minimum Gasteiger partial charge on any atom is -0.493 e. The molecule has 0 bridgehead atoms. The second kappa shape index (κ2) is 10.5. The summed E-state index contributed by atoms with van der Waals surface area (Å²) in [7, 11) is 0. The van der Waals surface area contributed by atoms with Crippen LogP contribution < -0.4 is 9.47 Å². The summed E-state index contributed by atoms with van der Waals surface area (Å²) in [6, 6.07) is 7.96. The number of ether oxygens (including phenoxy) is 3. The van der Waals surface area contributed by atoms with E-state index in [2.05, 4.69) is 11.8 Å². The Labute approximate surface area is 134 Å². The van der Waals surface area contributed by atoms with Gasteiger partial charge < -0.3 is 14.2 Å². The van der Waals surface area contributed by atoms with Gasteiger partial charge in [-0.15, -0.1) is 0 Å². The van der Waals surface area contributed by atoms with Gasteiger partial charge >= 0.3 is 0 Å². The van der Waals surface area contributed by atoms with Gasteiger partial charge in [0, 0.05) is 19.2 Å². The van der Waals surface area contributed by atoms with Gasteiger partial charge in [-0.1, -0.05) is 19.4 Å². The summed E-state index contributed by atoms with van der Waals surface area (Å²) in [5.74, 6) is 1.81. The van der Waals surface area contributed by atoms with E-state index in [0.717, 1.165) is 76.8 Å². The molecule has 1 aromatic carbocycles. The van der Waals surface area contributed by atoms with E-state index in [1.165, 1.54) is 6.42 Å². The third kappa shape index (κ3) is 6.67. The van der Waals surface area contributed by atoms with Crippen molar-refractivity contribution < 1.29 is 14.2 Å². The van der Waals surface area contributed by atoms with Crippen LogP contribution in [-0.4, -0.2) is 51.0 Å². The van der Waals surface area contributed by atoms with Crippen LogP contribution in [0, 0.1) is 0 Å². The zero-order valence-corrected chi connectivity index (χ0v) is 13.8. The van der Waals surface area contributed by atoms with E-state index in [1.807, 2.05) is 24.3 Å². The Morgan fingerprint density at radius 3 is 2.36 bits per heavy atom. The molecule has 1 aromatic rings. The molecule has 1 aliphatic heterocycles. The van der Waals surface area contributed by atoms with Crippen molar-refractivity contribution in [3.8, 4) is 11.5 Å². The topological polar surface area (TPSA) is 30.9 Å². The molecule has 0 radical (unpaired) electrons. The molecule has 0 N–H and O–H groups in total. The number of morpholine rings is 1. The lowest BCUT2D eigenvalue weighted by Gasteiger charge is -2.26. The molecule has 1 heterocycles. The summed E-state index contributed by atoms with van der Waals surface area (Å²) in [4.78, 5) is 2.46. The lowest BCUT2D eigenvalue weighted by molar-refractivity contribution is 0.0368. The average Bonchev–Trinajstić information content (AvgIpc) is 2.56. The second-order valence-corrected chi connectivity index (χ2v) is 5.69. The Morgan fingerprint density at radius 2 is 1.68 bits per heavy atom. The van der Waals surface area contributed by atoms with Crippen LogP contribution in [0.5, 0.6) is 11.5 Å². The molecule has 4 nitrogen and oxygen atoms in total. The van der Waals surface area contributed by atoms with E-state index in [-0.39, 0.29) is 0 Å².